The van der Waals surface area contributed by atoms with E-state index in [-0.39, 0.29) is 5.38 Å². The summed E-state index contributed by atoms with van der Waals surface area (Å²) in [4.78, 5) is 0. The first-order valence-electron chi connectivity index (χ1n) is 5.22. The first kappa shape index (κ1) is 14.2. The van der Waals surface area contributed by atoms with E-state index in [4.69, 9.17) is 21.1 Å². The first-order chi connectivity index (χ1) is 6.81. The summed E-state index contributed by atoms with van der Waals surface area (Å²) >= 11 is 6.02. The molecule has 0 spiro atoms. The fourth-order valence-corrected chi connectivity index (χ4v) is 1.39. The minimum Gasteiger partial charge on any atom is -0.382 e. The molecule has 0 aliphatic heterocycles. The molecule has 0 aliphatic rings. The third-order valence-electron chi connectivity index (χ3n) is 1.82. The van der Waals surface area contributed by atoms with Gasteiger partial charge >= 0.3 is 0 Å². The Labute approximate surface area is 92.1 Å². The molecule has 1 unspecified atom stereocenters. The lowest BCUT2D eigenvalue weighted by Gasteiger charge is -2.09. The summed E-state index contributed by atoms with van der Waals surface area (Å²) in [5.41, 5.74) is 0. The average molecular weight is 224 g/mol. The van der Waals surface area contributed by atoms with E-state index in [0.29, 0.717) is 13.2 Å². The Hall–Kier alpha value is 0.170. The molecule has 0 aromatic heterocycles. The summed E-state index contributed by atoms with van der Waals surface area (Å²) in [6, 6.07) is 0. The highest BCUT2D eigenvalue weighted by Crippen LogP contribution is 2.02. The summed E-state index contributed by atoms with van der Waals surface area (Å²) in [5, 5.41) is 3.50. The van der Waals surface area contributed by atoms with Gasteiger partial charge in [0.1, 0.15) is 0 Å². The number of halogens is 1. The Kier molecular flexibility index (Phi) is 11.4. The second kappa shape index (κ2) is 11.2. The zero-order chi connectivity index (χ0) is 10.6. The van der Waals surface area contributed by atoms with E-state index in [9.17, 15) is 0 Å². The molecule has 0 fully saturated rings. The molecular weight excluding hydrogens is 202 g/mol. The highest BCUT2D eigenvalue weighted by molar-refractivity contribution is 6.20. The quantitative estimate of drug-likeness (QED) is 0.451. The van der Waals surface area contributed by atoms with Gasteiger partial charge in [0.05, 0.1) is 19.8 Å². The molecule has 4 heteroatoms. The lowest BCUT2D eigenvalue weighted by molar-refractivity contribution is 0.0720. The van der Waals surface area contributed by atoms with Crippen molar-refractivity contribution in [1.29, 1.82) is 0 Å². The minimum absolute atomic E-state index is 0.249. The van der Waals surface area contributed by atoms with Crippen LogP contribution in [0.25, 0.3) is 0 Å². The maximum Gasteiger partial charge on any atom is 0.0700 e. The Bertz CT molecular complexity index is 114. The monoisotopic (exact) mass is 223 g/mol. The van der Waals surface area contributed by atoms with Crippen molar-refractivity contribution in [2.45, 2.75) is 25.1 Å². The number of alkyl halides is 1. The van der Waals surface area contributed by atoms with Crippen molar-refractivity contribution in [2.24, 2.45) is 0 Å². The van der Waals surface area contributed by atoms with E-state index in [1.165, 1.54) is 0 Å². The molecule has 0 aromatic carbocycles. The number of ether oxygens (including phenoxy) is 2. The molecule has 86 valence electrons. The Morgan fingerprint density at radius 2 is 2.07 bits per heavy atom. The van der Waals surface area contributed by atoms with Crippen LogP contribution in [0.1, 0.15) is 19.8 Å². The Morgan fingerprint density at radius 3 is 2.71 bits per heavy atom. The van der Waals surface area contributed by atoms with Crippen molar-refractivity contribution in [3.05, 3.63) is 0 Å². The van der Waals surface area contributed by atoms with Crippen molar-refractivity contribution < 1.29 is 9.47 Å². The molecule has 0 heterocycles. The van der Waals surface area contributed by atoms with E-state index in [0.717, 1.165) is 32.5 Å². The molecule has 3 nitrogen and oxygen atoms in total. The third kappa shape index (κ3) is 10.3. The lowest BCUT2D eigenvalue weighted by Crippen LogP contribution is -2.27. The molecule has 1 N–H and O–H groups in total. The van der Waals surface area contributed by atoms with Gasteiger partial charge in [-0.15, -0.1) is 11.6 Å². The zero-order valence-corrected chi connectivity index (χ0v) is 9.98. The highest BCUT2D eigenvalue weighted by Gasteiger charge is 2.00. The molecule has 0 bridgehead atoms. The topological polar surface area (TPSA) is 30.5 Å². The van der Waals surface area contributed by atoms with E-state index in [2.05, 4.69) is 12.2 Å². The van der Waals surface area contributed by atoms with Gasteiger partial charge in [0.15, 0.2) is 0 Å². The summed E-state index contributed by atoms with van der Waals surface area (Å²) in [7, 11) is 1.67. The van der Waals surface area contributed by atoms with Crippen LogP contribution in [0.15, 0.2) is 0 Å². The van der Waals surface area contributed by atoms with Gasteiger partial charge < -0.3 is 14.8 Å². The smallest absolute Gasteiger partial charge is 0.0700 e. The fourth-order valence-electron chi connectivity index (χ4n) is 1.06. The van der Waals surface area contributed by atoms with Crippen LogP contribution in [0, 0.1) is 0 Å². The normalized spacial score (nSPS) is 13.1. The maximum atomic E-state index is 6.02. The summed E-state index contributed by atoms with van der Waals surface area (Å²) < 4.78 is 10.1. The van der Waals surface area contributed by atoms with E-state index in [1.807, 2.05) is 0 Å². The van der Waals surface area contributed by atoms with Crippen LogP contribution in [0.2, 0.25) is 0 Å². The molecular formula is C10H22ClNO2. The number of methoxy groups -OCH3 is 1. The van der Waals surface area contributed by atoms with Gasteiger partial charge in [-0.25, -0.2) is 0 Å². The van der Waals surface area contributed by atoms with E-state index >= 15 is 0 Å². The SMILES string of the molecule is CCCC(Cl)CNCCOCCOC. The van der Waals surface area contributed by atoms with Gasteiger partial charge in [-0.1, -0.05) is 13.3 Å². The van der Waals surface area contributed by atoms with Crippen molar-refractivity contribution in [2.75, 3.05) is 40.0 Å². The molecule has 1 atom stereocenters. The van der Waals surface area contributed by atoms with Crippen molar-refractivity contribution in [3.63, 3.8) is 0 Å². The van der Waals surface area contributed by atoms with E-state index < -0.39 is 0 Å². The number of hydrogen-bond donors (Lipinski definition) is 1. The Morgan fingerprint density at radius 1 is 1.29 bits per heavy atom. The second-order valence-electron chi connectivity index (χ2n) is 3.20. The van der Waals surface area contributed by atoms with Crippen molar-refractivity contribution in [1.82, 2.24) is 5.32 Å². The summed E-state index contributed by atoms with van der Waals surface area (Å²) in [5.74, 6) is 0. The van der Waals surface area contributed by atoms with Crippen LogP contribution in [-0.2, 0) is 9.47 Å². The fraction of sp³-hybridized carbons (Fsp3) is 1.00. The van der Waals surface area contributed by atoms with Gasteiger partial charge in [0.2, 0.25) is 0 Å². The minimum atomic E-state index is 0.249. The standard InChI is InChI=1S/C10H22ClNO2/c1-3-4-10(11)9-12-5-6-14-8-7-13-2/h10,12H,3-9H2,1-2H3. The van der Waals surface area contributed by atoms with Gasteiger partial charge in [-0.3, -0.25) is 0 Å². The van der Waals surface area contributed by atoms with Crippen molar-refractivity contribution in [3.8, 4) is 0 Å². The first-order valence-corrected chi connectivity index (χ1v) is 5.66. The molecule has 0 aliphatic carbocycles. The number of nitrogens with one attached hydrogen (secondary N) is 1. The highest BCUT2D eigenvalue weighted by atomic mass is 35.5. The van der Waals surface area contributed by atoms with Gasteiger partial charge in [-0.2, -0.15) is 0 Å². The van der Waals surface area contributed by atoms with Crippen LogP contribution >= 0.6 is 11.6 Å². The molecule has 0 aromatic rings. The maximum absolute atomic E-state index is 6.02. The zero-order valence-electron chi connectivity index (χ0n) is 9.22. The van der Waals surface area contributed by atoms with Gasteiger partial charge in [-0.05, 0) is 6.42 Å². The van der Waals surface area contributed by atoms with E-state index in [1.54, 1.807) is 7.11 Å². The Balaban J connectivity index is 2.98. The lowest BCUT2D eigenvalue weighted by atomic mass is 10.2. The van der Waals surface area contributed by atoms with Crippen LogP contribution in [0.5, 0.6) is 0 Å². The van der Waals surface area contributed by atoms with Crippen molar-refractivity contribution >= 4 is 11.6 Å². The van der Waals surface area contributed by atoms with Crippen LogP contribution in [0.3, 0.4) is 0 Å². The predicted octanol–water partition coefficient (Wildman–Crippen LogP) is 1.65. The van der Waals surface area contributed by atoms with Crippen LogP contribution < -0.4 is 5.32 Å². The molecule has 0 saturated heterocycles. The van der Waals surface area contributed by atoms with Crippen LogP contribution in [-0.4, -0.2) is 45.4 Å². The average Bonchev–Trinajstić information content (AvgIpc) is 2.17. The largest absolute Gasteiger partial charge is 0.382 e. The molecule has 14 heavy (non-hydrogen) atoms. The molecule has 0 rings (SSSR count). The van der Waals surface area contributed by atoms with Crippen LogP contribution in [0.4, 0.5) is 0 Å². The van der Waals surface area contributed by atoms with Gasteiger partial charge in [0, 0.05) is 25.6 Å². The third-order valence-corrected chi connectivity index (χ3v) is 2.20. The van der Waals surface area contributed by atoms with Gasteiger partial charge in [0.25, 0.3) is 0 Å². The number of hydrogen-bond acceptors (Lipinski definition) is 3. The number of rotatable bonds is 10. The second-order valence-corrected chi connectivity index (χ2v) is 3.81. The summed E-state index contributed by atoms with van der Waals surface area (Å²) in [6.07, 6.45) is 2.21. The molecule has 0 amide bonds. The molecule has 0 radical (unpaired) electrons. The molecule has 0 saturated carbocycles. The predicted molar refractivity (Wildman–Crippen MR) is 60.1 cm³/mol. The summed E-state index contributed by atoms with van der Waals surface area (Å²) in [6.45, 7) is 5.91.